The lowest BCUT2D eigenvalue weighted by atomic mass is 9.89. The fourth-order valence-corrected chi connectivity index (χ4v) is 2.21. The molecular formula is C12H11F17OSi. The van der Waals surface area contributed by atoms with Crippen LogP contribution in [0.4, 0.5) is 74.6 Å². The summed E-state index contributed by atoms with van der Waals surface area (Å²) in [5.74, 6) is -56.3. The summed E-state index contributed by atoms with van der Waals surface area (Å²) in [4.78, 5) is 0. The second kappa shape index (κ2) is 7.51. The Morgan fingerprint density at radius 1 is 0.452 bits per heavy atom. The lowest BCUT2D eigenvalue weighted by Gasteiger charge is -2.43. The van der Waals surface area contributed by atoms with Crippen LogP contribution in [-0.2, 0) is 4.43 Å². The summed E-state index contributed by atoms with van der Waals surface area (Å²) in [5, 5.41) is 0. The third kappa shape index (κ3) is 4.44. The van der Waals surface area contributed by atoms with Crippen molar-refractivity contribution in [1.82, 2.24) is 0 Å². The Balaban J connectivity index is 6.56. The number of hydrogen-bond acceptors (Lipinski definition) is 1. The Kier molecular flexibility index (Phi) is 7.26. The monoisotopic (exact) mass is 522 g/mol. The number of hydrogen-bond donors (Lipinski definition) is 0. The Labute approximate surface area is 162 Å². The van der Waals surface area contributed by atoms with Gasteiger partial charge in [-0.3, -0.25) is 0 Å². The highest BCUT2D eigenvalue weighted by Gasteiger charge is 2.95. The van der Waals surface area contributed by atoms with Crippen molar-refractivity contribution < 1.29 is 79.1 Å². The molecule has 0 unspecified atom stereocenters. The first-order valence-electron chi connectivity index (χ1n) is 7.31. The Bertz CT molecular complexity index is 644. The lowest BCUT2D eigenvalue weighted by molar-refractivity contribution is -0.462. The van der Waals surface area contributed by atoms with E-state index >= 15 is 0 Å². The molecule has 0 atom stereocenters. The van der Waals surface area contributed by atoms with Gasteiger partial charge in [0.05, 0.1) is 0 Å². The summed E-state index contributed by atoms with van der Waals surface area (Å²) >= 11 is 0. The molecule has 0 aliphatic carbocycles. The number of halogens is 17. The molecule has 0 radical (unpaired) electrons. The molecule has 188 valence electrons. The van der Waals surface area contributed by atoms with Gasteiger partial charge in [0.15, 0.2) is 8.32 Å². The largest absolute Gasteiger partial charge is 0.460 e. The van der Waals surface area contributed by atoms with Crippen molar-refractivity contribution in [2.75, 3.05) is 6.61 Å². The van der Waals surface area contributed by atoms with Crippen LogP contribution >= 0.6 is 0 Å². The van der Waals surface area contributed by atoms with Crippen LogP contribution in [0.3, 0.4) is 0 Å². The minimum atomic E-state index is -8.61. The lowest BCUT2D eigenvalue weighted by Crippen LogP contribution is -2.74. The van der Waals surface area contributed by atoms with Crippen LogP contribution in [0.15, 0.2) is 0 Å². The fraction of sp³-hybridized carbons (Fsp3) is 1.00. The molecule has 0 N–H and O–H groups in total. The summed E-state index contributed by atoms with van der Waals surface area (Å²) in [5.41, 5.74) is 0. The van der Waals surface area contributed by atoms with Gasteiger partial charge in [0, 0.05) is 0 Å². The molecule has 0 amide bonds. The molecule has 31 heavy (non-hydrogen) atoms. The smallest absolute Gasteiger partial charge is 0.411 e. The van der Waals surface area contributed by atoms with Gasteiger partial charge in [-0.1, -0.05) is 0 Å². The predicted molar refractivity (Wildman–Crippen MR) is 70.0 cm³/mol. The minimum Gasteiger partial charge on any atom is -0.411 e. The quantitative estimate of drug-likeness (QED) is 0.238. The van der Waals surface area contributed by atoms with E-state index in [1.165, 1.54) is 0 Å². The molecule has 0 bridgehead atoms. The zero-order chi connectivity index (χ0) is 25.9. The average molecular weight is 522 g/mol. The van der Waals surface area contributed by atoms with Crippen molar-refractivity contribution in [3.8, 4) is 0 Å². The summed E-state index contributed by atoms with van der Waals surface area (Å²) in [6, 6.07) is 0. The molecule has 0 rings (SSSR count). The highest BCUT2D eigenvalue weighted by Crippen LogP contribution is 2.63. The molecule has 0 saturated heterocycles. The Morgan fingerprint density at radius 3 is 0.968 bits per heavy atom. The maximum Gasteiger partial charge on any atom is 0.460 e. The van der Waals surface area contributed by atoms with Crippen LogP contribution < -0.4 is 0 Å². The van der Waals surface area contributed by atoms with Crippen molar-refractivity contribution in [1.29, 1.82) is 0 Å². The molecule has 0 heterocycles. The van der Waals surface area contributed by atoms with E-state index in [0.29, 0.717) is 0 Å². The Morgan fingerprint density at radius 2 is 0.710 bits per heavy atom. The van der Waals surface area contributed by atoms with Gasteiger partial charge >= 0.3 is 47.6 Å². The topological polar surface area (TPSA) is 9.23 Å². The van der Waals surface area contributed by atoms with Gasteiger partial charge in [0.25, 0.3) is 0 Å². The molecule has 0 fully saturated rings. The third-order valence-electron chi connectivity index (χ3n) is 3.47. The highest BCUT2D eigenvalue weighted by molar-refractivity contribution is 6.69. The van der Waals surface area contributed by atoms with E-state index in [-0.39, 0.29) is 0 Å². The van der Waals surface area contributed by atoms with Gasteiger partial charge in [-0.2, -0.15) is 74.6 Å². The maximum atomic E-state index is 13.5. The van der Waals surface area contributed by atoms with E-state index in [1.54, 1.807) is 0 Å². The predicted octanol–water partition coefficient (Wildman–Crippen LogP) is 6.85. The first-order chi connectivity index (χ1) is 13.0. The number of alkyl halides is 17. The molecule has 0 aromatic rings. The second-order valence-electron chi connectivity index (χ2n) is 7.05. The van der Waals surface area contributed by atoms with E-state index in [2.05, 4.69) is 4.43 Å². The standard InChI is InChI=1S/C12H11F17OSi/c1-31(2,3)30-4-5(13,14)6(15,16)7(17,18)8(19,20)9(21,22)10(23,24)11(25,26)12(27,28)29/h4H2,1-3H3. The summed E-state index contributed by atoms with van der Waals surface area (Å²) in [6.07, 6.45) is -7.76. The second-order valence-corrected chi connectivity index (χ2v) is 11.6. The summed E-state index contributed by atoms with van der Waals surface area (Å²) < 4.78 is 225. The van der Waals surface area contributed by atoms with Gasteiger partial charge in [-0.15, -0.1) is 0 Å². The zero-order valence-electron chi connectivity index (χ0n) is 15.0. The SMILES string of the molecule is C[Si](C)(C)OCC(F)(F)C(F)(F)C(F)(F)C(F)(F)C(F)(F)C(F)(F)C(F)(F)C(F)(F)F. The Hall–Kier alpha value is -1.01. The molecular weight excluding hydrogens is 511 g/mol. The average Bonchev–Trinajstić information content (AvgIpc) is 2.50. The van der Waals surface area contributed by atoms with Crippen LogP contribution in [-0.4, -0.2) is 62.6 Å². The molecule has 19 heteroatoms. The molecule has 0 aromatic heterocycles. The molecule has 0 aromatic carbocycles. The van der Waals surface area contributed by atoms with Gasteiger partial charge in [0.2, 0.25) is 0 Å². The normalized spacial score (nSPS) is 16.6. The van der Waals surface area contributed by atoms with E-state index in [0.717, 1.165) is 19.6 Å². The van der Waals surface area contributed by atoms with Crippen molar-refractivity contribution in [3.05, 3.63) is 0 Å². The van der Waals surface area contributed by atoms with Crippen molar-refractivity contribution in [3.63, 3.8) is 0 Å². The van der Waals surface area contributed by atoms with Crippen molar-refractivity contribution in [2.24, 2.45) is 0 Å². The summed E-state index contributed by atoms with van der Waals surface area (Å²) in [6.45, 7) is 0.0910. The van der Waals surface area contributed by atoms with Crippen LogP contribution in [0.25, 0.3) is 0 Å². The first kappa shape index (κ1) is 30.0. The minimum absolute atomic E-state index is 0.974. The summed E-state index contributed by atoms with van der Waals surface area (Å²) in [7, 11) is -3.30. The van der Waals surface area contributed by atoms with E-state index < -0.39 is 62.6 Å². The maximum absolute atomic E-state index is 13.5. The van der Waals surface area contributed by atoms with Crippen LogP contribution in [0.2, 0.25) is 19.6 Å². The molecule has 0 spiro atoms. The molecule has 1 nitrogen and oxygen atoms in total. The van der Waals surface area contributed by atoms with Crippen LogP contribution in [0.1, 0.15) is 0 Å². The van der Waals surface area contributed by atoms with Gasteiger partial charge in [0.1, 0.15) is 6.61 Å². The van der Waals surface area contributed by atoms with Crippen LogP contribution in [0.5, 0.6) is 0 Å². The van der Waals surface area contributed by atoms with Crippen LogP contribution in [0, 0.1) is 0 Å². The van der Waals surface area contributed by atoms with Gasteiger partial charge in [-0.05, 0) is 19.6 Å². The van der Waals surface area contributed by atoms with Crippen molar-refractivity contribution >= 4 is 8.32 Å². The van der Waals surface area contributed by atoms with E-state index in [1.807, 2.05) is 0 Å². The molecule has 0 saturated carbocycles. The van der Waals surface area contributed by atoms with Gasteiger partial charge in [-0.25, -0.2) is 0 Å². The van der Waals surface area contributed by atoms with Gasteiger partial charge < -0.3 is 4.43 Å². The van der Waals surface area contributed by atoms with E-state index in [4.69, 9.17) is 0 Å². The highest BCUT2D eigenvalue weighted by atomic mass is 28.4. The fourth-order valence-electron chi connectivity index (χ4n) is 1.59. The molecule has 0 aliphatic heterocycles. The zero-order valence-corrected chi connectivity index (χ0v) is 16.0. The van der Waals surface area contributed by atoms with E-state index in [9.17, 15) is 74.6 Å². The first-order valence-corrected chi connectivity index (χ1v) is 10.7. The molecule has 0 aliphatic rings. The van der Waals surface area contributed by atoms with Crippen molar-refractivity contribution in [2.45, 2.75) is 67.3 Å². The third-order valence-corrected chi connectivity index (χ3v) is 4.48. The number of rotatable bonds is 9.